The van der Waals surface area contributed by atoms with Crippen molar-refractivity contribution < 1.29 is 23.9 Å². The Morgan fingerprint density at radius 3 is 2.73 bits per heavy atom. The lowest BCUT2D eigenvalue weighted by Crippen LogP contribution is -2.44. The van der Waals surface area contributed by atoms with E-state index >= 15 is 0 Å². The van der Waals surface area contributed by atoms with Gasteiger partial charge < -0.3 is 24.0 Å². The molecule has 0 bridgehead atoms. The number of hydrogen-bond donors (Lipinski definition) is 1. The number of benzene rings is 1. The third-order valence-electron chi connectivity index (χ3n) is 7.67. The molecular formula is C30H32N5O5S+. The molecule has 11 heteroatoms. The lowest BCUT2D eigenvalue weighted by molar-refractivity contribution is -0.713. The first-order valence-corrected chi connectivity index (χ1v) is 14.6. The summed E-state index contributed by atoms with van der Waals surface area (Å²) in [6.07, 6.45) is 2.04. The number of aromatic nitrogens is 4. The number of aliphatic hydroxyl groups is 1. The summed E-state index contributed by atoms with van der Waals surface area (Å²) in [5, 5.41) is 12.9. The van der Waals surface area contributed by atoms with Gasteiger partial charge in [0.2, 0.25) is 0 Å². The van der Waals surface area contributed by atoms with E-state index in [-0.39, 0.29) is 18.6 Å². The molecule has 3 aromatic heterocycles. The molecule has 2 aliphatic rings. The highest BCUT2D eigenvalue weighted by Crippen LogP contribution is 2.40. The average molecular weight is 575 g/mol. The van der Waals surface area contributed by atoms with E-state index in [0.29, 0.717) is 47.2 Å². The summed E-state index contributed by atoms with van der Waals surface area (Å²) in [6.45, 7) is 4.57. The molecule has 1 atom stereocenters. The molecule has 0 aliphatic carbocycles. The zero-order valence-corrected chi connectivity index (χ0v) is 24.5. The van der Waals surface area contributed by atoms with Crippen molar-refractivity contribution in [3.63, 3.8) is 0 Å². The Morgan fingerprint density at radius 2 is 2.00 bits per heavy atom. The highest BCUT2D eigenvalue weighted by molar-refractivity contribution is 7.99. The van der Waals surface area contributed by atoms with E-state index in [1.807, 2.05) is 50.1 Å². The highest BCUT2D eigenvalue weighted by atomic mass is 32.2. The molecule has 5 heterocycles. The van der Waals surface area contributed by atoms with Crippen LogP contribution >= 0.6 is 11.8 Å². The Balaban J connectivity index is 1.48. The van der Waals surface area contributed by atoms with Crippen molar-refractivity contribution in [1.29, 1.82) is 0 Å². The highest BCUT2D eigenvalue weighted by Gasteiger charge is 2.45. The summed E-state index contributed by atoms with van der Waals surface area (Å²) in [6, 6.07) is 9.47. The van der Waals surface area contributed by atoms with Crippen LogP contribution < -0.4 is 14.9 Å². The molecule has 2 aliphatic heterocycles. The number of cyclic esters (lactones) is 1. The summed E-state index contributed by atoms with van der Waals surface area (Å²) in [4.78, 5) is 37.8. The maximum Gasteiger partial charge on any atom is 0.363 e. The van der Waals surface area contributed by atoms with Crippen molar-refractivity contribution in [3.05, 3.63) is 69.1 Å². The van der Waals surface area contributed by atoms with Crippen LogP contribution in [0.2, 0.25) is 0 Å². The maximum absolute atomic E-state index is 13.5. The Labute approximate surface area is 241 Å². The van der Waals surface area contributed by atoms with E-state index in [1.54, 1.807) is 29.3 Å². The van der Waals surface area contributed by atoms with E-state index in [4.69, 9.17) is 19.4 Å². The second-order valence-corrected chi connectivity index (χ2v) is 11.9. The Morgan fingerprint density at radius 1 is 1.20 bits per heavy atom. The molecule has 0 radical (unpaired) electrons. The van der Waals surface area contributed by atoms with Crippen LogP contribution in [0.5, 0.6) is 11.6 Å². The standard InChI is InChI=1S/C30H32N5O5S/c1-6-30(38)21-13-23-26-17(14-35(23)27(36)20(21)16-39-28(30)37)12-18-19(15-33(3)4)24(9-8-22(18)31-26)40-25-10-11-34(5)29(32-25)41-7-2/h8-13,38H,6-7,14-16H2,1-5H3/q+1/t30-/m0/s1. The minimum absolute atomic E-state index is 0.101. The molecule has 4 aromatic rings. The first-order chi connectivity index (χ1) is 19.6. The van der Waals surface area contributed by atoms with Crippen molar-refractivity contribution in [2.24, 2.45) is 7.05 Å². The first kappa shape index (κ1) is 27.4. The molecule has 212 valence electrons. The molecule has 0 saturated carbocycles. The monoisotopic (exact) mass is 574 g/mol. The molecule has 0 spiro atoms. The van der Waals surface area contributed by atoms with Gasteiger partial charge in [0.25, 0.3) is 5.56 Å². The van der Waals surface area contributed by atoms with Crippen LogP contribution in [0.3, 0.4) is 0 Å². The number of hydrogen-bond acceptors (Lipinski definition) is 9. The van der Waals surface area contributed by atoms with Gasteiger partial charge in [-0.25, -0.2) is 14.3 Å². The zero-order chi connectivity index (χ0) is 29.1. The van der Waals surface area contributed by atoms with Crippen LogP contribution in [0.1, 0.15) is 42.5 Å². The molecule has 6 rings (SSSR count). The van der Waals surface area contributed by atoms with Gasteiger partial charge in [-0.05, 0) is 56.5 Å². The number of aryl methyl sites for hydroxylation is 1. The lowest BCUT2D eigenvalue weighted by Gasteiger charge is -2.31. The van der Waals surface area contributed by atoms with Crippen molar-refractivity contribution >= 4 is 28.6 Å². The molecule has 0 saturated heterocycles. The van der Waals surface area contributed by atoms with Gasteiger partial charge >= 0.3 is 17.0 Å². The lowest BCUT2D eigenvalue weighted by atomic mass is 9.86. The topological polar surface area (TPSA) is 111 Å². The van der Waals surface area contributed by atoms with E-state index in [0.717, 1.165) is 32.9 Å². The Kier molecular flexibility index (Phi) is 6.83. The van der Waals surface area contributed by atoms with Gasteiger partial charge in [-0.3, -0.25) is 4.79 Å². The average Bonchev–Trinajstić information content (AvgIpc) is 3.31. The summed E-state index contributed by atoms with van der Waals surface area (Å²) < 4.78 is 15.2. The number of esters is 1. The fourth-order valence-electron chi connectivity index (χ4n) is 5.55. The van der Waals surface area contributed by atoms with Crippen LogP contribution in [0.15, 0.2) is 46.5 Å². The smallest absolute Gasteiger partial charge is 0.363 e. The number of pyridine rings is 2. The van der Waals surface area contributed by atoms with Crippen LogP contribution in [0, 0.1) is 0 Å². The minimum Gasteiger partial charge on any atom is -0.458 e. The van der Waals surface area contributed by atoms with Crippen LogP contribution in [-0.2, 0) is 41.9 Å². The number of rotatable bonds is 7. The number of nitrogens with zero attached hydrogens (tertiary/aromatic N) is 5. The Hall–Kier alpha value is -3.80. The predicted molar refractivity (Wildman–Crippen MR) is 154 cm³/mol. The fourth-order valence-corrected chi connectivity index (χ4v) is 6.23. The molecule has 0 fully saturated rings. The summed E-state index contributed by atoms with van der Waals surface area (Å²) in [5.74, 6) is 1.37. The van der Waals surface area contributed by atoms with Gasteiger partial charge in [-0.15, -0.1) is 0 Å². The molecule has 41 heavy (non-hydrogen) atoms. The Bertz CT molecular complexity index is 1790. The van der Waals surface area contributed by atoms with Gasteiger partial charge in [0.1, 0.15) is 12.4 Å². The minimum atomic E-state index is -1.86. The van der Waals surface area contributed by atoms with Crippen molar-refractivity contribution in [3.8, 4) is 23.0 Å². The second-order valence-electron chi connectivity index (χ2n) is 10.6. The molecule has 0 amide bonds. The first-order valence-electron chi connectivity index (χ1n) is 13.6. The number of carbonyl (C=O) groups excluding carboxylic acids is 1. The summed E-state index contributed by atoms with van der Waals surface area (Å²) >= 11 is 1.65. The molecular weight excluding hydrogens is 542 g/mol. The molecule has 1 aromatic carbocycles. The SMILES string of the molecule is CCSc1nc(Oc2ccc3nc4c(cc3c2CN(C)C)Cn2c-4cc3c(c2=O)COC(=O)[C@]3(O)CC)cc[n+]1C. The quantitative estimate of drug-likeness (QED) is 0.136. The predicted octanol–water partition coefficient (Wildman–Crippen LogP) is 3.27. The number of thioether (sulfide) groups is 1. The molecule has 1 N–H and O–H groups in total. The van der Waals surface area contributed by atoms with Gasteiger partial charge in [-0.2, -0.15) is 0 Å². The number of carbonyl (C=O) groups is 1. The molecule has 0 unspecified atom stereocenters. The zero-order valence-electron chi connectivity index (χ0n) is 23.7. The van der Waals surface area contributed by atoms with E-state index < -0.39 is 11.6 Å². The number of fused-ring (bicyclic) bond motifs is 5. The van der Waals surface area contributed by atoms with Crippen LogP contribution in [-0.4, -0.2) is 50.4 Å². The summed E-state index contributed by atoms with van der Waals surface area (Å²) in [7, 11) is 5.96. The fraction of sp³-hybridized carbons (Fsp3) is 0.367. The van der Waals surface area contributed by atoms with Gasteiger partial charge in [0.05, 0.1) is 48.3 Å². The van der Waals surface area contributed by atoms with E-state index in [1.165, 1.54) is 0 Å². The van der Waals surface area contributed by atoms with Gasteiger partial charge in [0, 0.05) is 39.4 Å². The third kappa shape index (κ3) is 4.48. The number of ether oxygens (including phenoxy) is 2. The van der Waals surface area contributed by atoms with Crippen molar-refractivity contribution in [1.82, 2.24) is 19.4 Å². The summed E-state index contributed by atoms with van der Waals surface area (Å²) in [5.41, 5.74) is 2.34. The van der Waals surface area contributed by atoms with E-state index in [9.17, 15) is 14.7 Å². The van der Waals surface area contributed by atoms with E-state index in [2.05, 4.69) is 17.9 Å². The van der Waals surface area contributed by atoms with Crippen molar-refractivity contribution in [2.75, 3.05) is 19.8 Å². The molecule has 10 nitrogen and oxygen atoms in total. The van der Waals surface area contributed by atoms with Crippen LogP contribution in [0.25, 0.3) is 22.3 Å². The maximum atomic E-state index is 13.5. The normalized spacial score (nSPS) is 17.4. The second kappa shape index (κ2) is 10.2. The van der Waals surface area contributed by atoms with Crippen molar-refractivity contribution in [2.45, 2.75) is 50.7 Å². The van der Waals surface area contributed by atoms with Crippen LogP contribution in [0.4, 0.5) is 0 Å². The largest absolute Gasteiger partial charge is 0.458 e. The van der Waals surface area contributed by atoms with Gasteiger partial charge in [0.15, 0.2) is 5.60 Å². The van der Waals surface area contributed by atoms with Gasteiger partial charge in [-0.1, -0.05) is 13.8 Å². The third-order valence-corrected chi connectivity index (χ3v) is 8.60.